The number of fused-ring (bicyclic) bond motifs is 1. The molecule has 6 fully saturated rings. The third-order valence-corrected chi connectivity index (χ3v) is 25.6. The summed E-state index contributed by atoms with van der Waals surface area (Å²) < 4.78 is 15.8. The van der Waals surface area contributed by atoms with Crippen LogP contribution in [-0.2, 0) is 9.47 Å². The Bertz CT molecular complexity index is 1200. The predicted octanol–water partition coefficient (Wildman–Crippen LogP) is 8.71. The van der Waals surface area contributed by atoms with Crippen LogP contribution >= 0.6 is 0 Å². The minimum atomic E-state index is -2.55. The Labute approximate surface area is 330 Å². The summed E-state index contributed by atoms with van der Waals surface area (Å²) >= 11 is 0. The van der Waals surface area contributed by atoms with Crippen molar-refractivity contribution in [2.45, 2.75) is 145 Å². The molecule has 7 aliphatic rings. The molecular formula is C42H76LiN3O2Si3. The van der Waals surface area contributed by atoms with E-state index in [4.69, 9.17) is 14.5 Å². The molecule has 1 aromatic rings. The summed E-state index contributed by atoms with van der Waals surface area (Å²) in [5, 5.41) is 0. The van der Waals surface area contributed by atoms with Crippen molar-refractivity contribution in [3.05, 3.63) is 40.6 Å². The van der Waals surface area contributed by atoms with Gasteiger partial charge in [0.05, 0.1) is 27.0 Å². The van der Waals surface area contributed by atoms with E-state index in [1.807, 2.05) is 0 Å². The van der Waals surface area contributed by atoms with E-state index >= 15 is 0 Å². The summed E-state index contributed by atoms with van der Waals surface area (Å²) in [4.78, 5) is 6.55. The number of hydrogen-bond acceptors (Lipinski definition) is 4. The minimum absolute atomic E-state index is 0. The van der Waals surface area contributed by atoms with Gasteiger partial charge in [-0.2, -0.15) is 5.70 Å². The smallest absolute Gasteiger partial charge is 0.659 e. The predicted molar refractivity (Wildman–Crippen MR) is 225 cm³/mol. The van der Waals surface area contributed by atoms with Gasteiger partial charge >= 0.3 is 18.9 Å². The zero-order chi connectivity index (χ0) is 36.6. The van der Waals surface area contributed by atoms with Gasteiger partial charge in [0.2, 0.25) is 0 Å². The minimum Gasteiger partial charge on any atom is -0.659 e. The fourth-order valence-electron chi connectivity index (χ4n) is 10.2. The monoisotopic (exact) mass is 746 g/mol. The average Bonchev–Trinajstić information content (AvgIpc) is 3.77. The first-order valence-electron chi connectivity index (χ1n) is 20.5. The second kappa shape index (κ2) is 16.7. The largest absolute Gasteiger partial charge is 1.00 e. The molecule has 4 bridgehead atoms. The van der Waals surface area contributed by atoms with Crippen LogP contribution < -0.4 is 28.0 Å². The standard InChI is InChI=1S/C34H60N3Si3.2C4H8O.Li/c1-32(2,3)24-36-29-15-13-14-16-30(29)37(25-33(4,5)6)40(36,39(10,11)12)35-31(23-38(7,8)9)34-20-26-17-27(21-34)19-28(18-26)22-34;2*1-2-4-5-3-1;/h13-16,23,26-28H,17-22,24-25H2,1-12H3;2*1-4H2;/q-1;;;+1/b31-23+;;;. The van der Waals surface area contributed by atoms with Crippen LogP contribution in [0.4, 0.5) is 11.4 Å². The van der Waals surface area contributed by atoms with Crippen LogP contribution in [0.2, 0.25) is 39.3 Å². The van der Waals surface area contributed by atoms with Crippen LogP contribution in [0, 0.1) is 34.0 Å². The fraction of sp³-hybridized carbons (Fsp3) is 0.810. The molecule has 0 N–H and O–H groups in total. The van der Waals surface area contributed by atoms with Crippen LogP contribution in [0.3, 0.4) is 0 Å². The van der Waals surface area contributed by atoms with Gasteiger partial charge in [-0.25, -0.2) is 0 Å². The molecule has 0 radical (unpaired) electrons. The molecule has 8 rings (SSSR count). The first-order chi connectivity index (χ1) is 23.2. The van der Waals surface area contributed by atoms with Crippen molar-refractivity contribution in [1.82, 2.24) is 0 Å². The summed E-state index contributed by atoms with van der Waals surface area (Å²) in [6.45, 7) is 36.4. The van der Waals surface area contributed by atoms with Crippen molar-refractivity contribution < 1.29 is 28.3 Å². The van der Waals surface area contributed by atoms with E-state index in [-0.39, 0.29) is 29.7 Å². The first kappa shape index (κ1) is 43.3. The van der Waals surface area contributed by atoms with Crippen molar-refractivity contribution in [2.75, 3.05) is 48.6 Å². The maximum absolute atomic E-state index is 6.55. The maximum atomic E-state index is 6.55. The third kappa shape index (κ3) is 10.6. The van der Waals surface area contributed by atoms with Crippen molar-refractivity contribution in [1.29, 1.82) is 0 Å². The van der Waals surface area contributed by atoms with E-state index in [0.29, 0.717) is 5.41 Å². The van der Waals surface area contributed by atoms with Crippen molar-refractivity contribution in [3.8, 4) is 0 Å². The van der Waals surface area contributed by atoms with Gasteiger partial charge in [0.25, 0.3) is 0 Å². The molecule has 1 aromatic carbocycles. The fourth-order valence-corrected chi connectivity index (χ4v) is 24.5. The van der Waals surface area contributed by atoms with Crippen molar-refractivity contribution in [3.63, 3.8) is 0 Å². The summed E-state index contributed by atoms with van der Waals surface area (Å²) in [7, 11) is -5.91. The summed E-state index contributed by atoms with van der Waals surface area (Å²) in [6, 6.07) is 9.40. The van der Waals surface area contributed by atoms with Gasteiger partial charge in [-0.05, 0) is 110 Å². The topological polar surface area (TPSA) is 39.0 Å². The Morgan fingerprint density at radius 3 is 1.37 bits per heavy atom. The van der Waals surface area contributed by atoms with Crippen molar-refractivity contribution in [2.24, 2.45) is 34.0 Å². The van der Waals surface area contributed by atoms with E-state index in [2.05, 4.69) is 120 Å². The molecule has 284 valence electrons. The number of nitrogens with zero attached hydrogens (tertiary/aromatic N) is 3. The zero-order valence-corrected chi connectivity index (χ0v) is 38.6. The number of ether oxygens (including phenoxy) is 2. The number of allylic oxidation sites excluding steroid dienone is 1. The molecule has 0 unspecified atom stereocenters. The van der Waals surface area contributed by atoms with Crippen molar-refractivity contribution >= 4 is 35.1 Å². The van der Waals surface area contributed by atoms with E-state index in [0.717, 1.165) is 57.3 Å². The van der Waals surface area contributed by atoms with Gasteiger partial charge in [-0.1, -0.05) is 93.0 Å². The second-order valence-corrected chi connectivity index (χ2v) is 40.1. The molecule has 3 heterocycles. The number of para-hydroxylation sites is 2. The van der Waals surface area contributed by atoms with E-state index in [9.17, 15) is 0 Å². The van der Waals surface area contributed by atoms with Gasteiger partial charge in [0, 0.05) is 39.5 Å². The molecule has 0 amide bonds. The van der Waals surface area contributed by atoms with E-state index in [1.165, 1.54) is 75.6 Å². The normalized spacial score (nSPS) is 28.4. The third-order valence-electron chi connectivity index (χ3n) is 11.6. The average molecular weight is 746 g/mol. The van der Waals surface area contributed by atoms with Crippen LogP contribution in [0.15, 0.2) is 35.7 Å². The molecule has 3 aliphatic heterocycles. The molecule has 0 aromatic heterocycles. The Hall–Kier alpha value is -0.472. The Balaban J connectivity index is 0.000000455. The summed E-state index contributed by atoms with van der Waals surface area (Å²) in [6.07, 6.45) is 13.8. The number of hydrogen-bond donors (Lipinski definition) is 0. The van der Waals surface area contributed by atoms with E-state index < -0.39 is 23.7 Å². The molecule has 5 nitrogen and oxygen atoms in total. The van der Waals surface area contributed by atoms with Gasteiger partial charge in [-0.3, -0.25) is 0 Å². The molecule has 9 heteroatoms. The number of benzene rings is 1. The summed E-state index contributed by atoms with van der Waals surface area (Å²) in [5.74, 6) is 2.81. The van der Waals surface area contributed by atoms with Crippen LogP contribution in [0.1, 0.15) is 106 Å². The van der Waals surface area contributed by atoms with Gasteiger partial charge in [0.15, 0.2) is 8.08 Å². The Morgan fingerprint density at radius 2 is 1.10 bits per heavy atom. The van der Waals surface area contributed by atoms with Crippen LogP contribution in [0.5, 0.6) is 0 Å². The van der Waals surface area contributed by atoms with Gasteiger partial charge in [0.1, 0.15) is 0 Å². The molecule has 51 heavy (non-hydrogen) atoms. The summed E-state index contributed by atoms with van der Waals surface area (Å²) in [5.41, 5.74) is 8.02. The quantitative estimate of drug-likeness (QED) is 0.262. The molecule has 4 aliphatic carbocycles. The molecular weight excluding hydrogens is 670 g/mol. The van der Waals surface area contributed by atoms with Gasteiger partial charge in [-0.15, -0.1) is 5.70 Å². The van der Waals surface area contributed by atoms with E-state index in [1.54, 1.807) is 5.70 Å². The second-order valence-electron chi connectivity index (χ2n) is 21.5. The molecule has 0 spiro atoms. The van der Waals surface area contributed by atoms with Crippen LogP contribution in [-0.4, -0.2) is 63.3 Å². The number of anilines is 2. The zero-order valence-electron chi connectivity index (χ0n) is 35.6. The van der Waals surface area contributed by atoms with Crippen LogP contribution in [0.25, 0.3) is 4.98 Å². The Morgan fingerprint density at radius 1 is 0.725 bits per heavy atom. The molecule has 0 atom stereocenters. The SMILES string of the molecule is C1CCOC1.C1CCOC1.CC(C)(C)CN1c2ccccc2N(CC(C)(C)C)[Si]1([N-]/C(=C/[Si](C)(C)C)C12CC3CC(CC(C3)C1)C2)[Si](C)(C)C.[Li+]. The maximum Gasteiger partial charge on any atom is 1.00 e. The molecule has 4 saturated carbocycles. The first-order valence-corrected chi connectivity index (χ1v) is 30.4. The number of rotatable bonds is 7. The Kier molecular flexibility index (Phi) is 14.2. The van der Waals surface area contributed by atoms with Gasteiger partial charge < -0.3 is 23.6 Å². The molecule has 2 saturated heterocycles.